The van der Waals surface area contributed by atoms with Crippen molar-refractivity contribution in [3.05, 3.63) is 16.9 Å². The van der Waals surface area contributed by atoms with Gasteiger partial charge < -0.3 is 10.5 Å². The number of nitrogen functional groups attached to an aromatic ring is 1. The summed E-state index contributed by atoms with van der Waals surface area (Å²) in [6.45, 7) is 2.53. The first-order valence-electron chi connectivity index (χ1n) is 3.28. The second-order valence-corrected chi connectivity index (χ2v) is 2.74. The van der Waals surface area contributed by atoms with Crippen molar-refractivity contribution in [2.45, 2.75) is 6.92 Å². The molecule has 0 amide bonds. The Hall–Kier alpha value is -0.770. The fraction of sp³-hybridized carbons (Fsp3) is 0.286. The third-order valence-corrected chi connectivity index (χ3v) is 1.72. The number of nitrogens with two attached hydrogens (primary N) is 1. The van der Waals surface area contributed by atoms with Crippen molar-refractivity contribution in [1.29, 1.82) is 0 Å². The van der Waals surface area contributed by atoms with E-state index in [-0.39, 0.29) is 0 Å². The van der Waals surface area contributed by atoms with E-state index in [9.17, 15) is 0 Å². The third kappa shape index (κ3) is 2.08. The highest BCUT2D eigenvalue weighted by molar-refractivity contribution is 9.10. The Balaban J connectivity index is 2.93. The number of hydrogen-bond donors (Lipinski definition) is 1. The molecule has 0 bridgehead atoms. The highest BCUT2D eigenvalue weighted by atomic mass is 79.9. The van der Waals surface area contributed by atoms with E-state index in [1.54, 1.807) is 12.3 Å². The zero-order valence-electron chi connectivity index (χ0n) is 6.17. The molecule has 0 fully saturated rings. The highest BCUT2D eigenvalue weighted by Gasteiger charge is 2.00. The SMILES string of the molecule is CCOc1cc(N)cnc1Br. The lowest BCUT2D eigenvalue weighted by atomic mass is 10.4. The maximum atomic E-state index is 5.49. The quantitative estimate of drug-likeness (QED) is 0.768. The van der Waals surface area contributed by atoms with E-state index < -0.39 is 0 Å². The maximum Gasteiger partial charge on any atom is 0.154 e. The van der Waals surface area contributed by atoms with Crippen molar-refractivity contribution in [1.82, 2.24) is 4.98 Å². The molecule has 1 aromatic heterocycles. The van der Waals surface area contributed by atoms with Crippen LogP contribution in [0.3, 0.4) is 0 Å². The minimum absolute atomic E-state index is 0.608. The topological polar surface area (TPSA) is 48.1 Å². The van der Waals surface area contributed by atoms with Crippen molar-refractivity contribution < 1.29 is 4.74 Å². The minimum Gasteiger partial charge on any atom is -0.491 e. The molecule has 1 aromatic rings. The van der Waals surface area contributed by atoms with Crippen LogP contribution in [0.5, 0.6) is 5.75 Å². The molecule has 2 N–H and O–H groups in total. The molecule has 0 aliphatic heterocycles. The van der Waals surface area contributed by atoms with Gasteiger partial charge >= 0.3 is 0 Å². The van der Waals surface area contributed by atoms with Crippen LogP contribution in [-0.2, 0) is 0 Å². The molecule has 0 saturated carbocycles. The molecule has 0 spiro atoms. The summed E-state index contributed by atoms with van der Waals surface area (Å²) >= 11 is 3.24. The number of pyridine rings is 1. The molecular formula is C7H9BrN2O. The summed E-state index contributed by atoms with van der Waals surface area (Å²) < 4.78 is 5.92. The Labute approximate surface area is 73.7 Å². The van der Waals surface area contributed by atoms with E-state index in [1.807, 2.05) is 6.92 Å². The van der Waals surface area contributed by atoms with E-state index >= 15 is 0 Å². The summed E-state index contributed by atoms with van der Waals surface area (Å²) in [5.41, 5.74) is 6.10. The van der Waals surface area contributed by atoms with Gasteiger partial charge in [-0.3, -0.25) is 0 Å². The Morgan fingerprint density at radius 3 is 3.09 bits per heavy atom. The molecule has 60 valence electrons. The van der Waals surface area contributed by atoms with Crippen molar-refractivity contribution in [2.24, 2.45) is 0 Å². The number of nitrogens with zero attached hydrogens (tertiary/aromatic N) is 1. The molecule has 4 heteroatoms. The molecule has 0 saturated heterocycles. The number of halogens is 1. The molecule has 0 radical (unpaired) electrons. The lowest BCUT2D eigenvalue weighted by Gasteiger charge is -2.04. The van der Waals surface area contributed by atoms with Crippen molar-refractivity contribution >= 4 is 21.6 Å². The smallest absolute Gasteiger partial charge is 0.154 e. The first-order chi connectivity index (χ1) is 5.24. The van der Waals surface area contributed by atoms with Crippen LogP contribution >= 0.6 is 15.9 Å². The number of anilines is 1. The summed E-state index contributed by atoms with van der Waals surface area (Å²) in [6, 6.07) is 1.74. The van der Waals surface area contributed by atoms with Gasteiger partial charge in [0.15, 0.2) is 5.75 Å². The lowest BCUT2D eigenvalue weighted by Crippen LogP contribution is -1.95. The molecular weight excluding hydrogens is 208 g/mol. The van der Waals surface area contributed by atoms with Gasteiger partial charge in [0.25, 0.3) is 0 Å². The van der Waals surface area contributed by atoms with Gasteiger partial charge in [-0.25, -0.2) is 4.98 Å². The van der Waals surface area contributed by atoms with Crippen LogP contribution in [0.15, 0.2) is 16.9 Å². The predicted octanol–water partition coefficient (Wildman–Crippen LogP) is 1.82. The van der Waals surface area contributed by atoms with Crippen molar-refractivity contribution in [2.75, 3.05) is 12.3 Å². The van der Waals surface area contributed by atoms with Crippen LogP contribution in [0.4, 0.5) is 5.69 Å². The van der Waals surface area contributed by atoms with Gasteiger partial charge in [0.05, 0.1) is 18.5 Å². The van der Waals surface area contributed by atoms with Crippen LogP contribution in [0, 0.1) is 0 Å². The summed E-state index contributed by atoms with van der Waals surface area (Å²) in [5.74, 6) is 0.688. The molecule has 0 aliphatic carbocycles. The maximum absolute atomic E-state index is 5.49. The number of hydrogen-bond acceptors (Lipinski definition) is 3. The van der Waals surface area contributed by atoms with Gasteiger partial charge in [-0.15, -0.1) is 0 Å². The number of aromatic nitrogens is 1. The standard InChI is InChI=1S/C7H9BrN2O/c1-2-11-6-3-5(9)4-10-7(6)8/h3-4H,2,9H2,1H3. The van der Waals surface area contributed by atoms with Gasteiger partial charge in [0.2, 0.25) is 0 Å². The number of rotatable bonds is 2. The fourth-order valence-electron chi connectivity index (χ4n) is 0.700. The zero-order chi connectivity index (χ0) is 8.27. The molecule has 1 rings (SSSR count). The Morgan fingerprint density at radius 2 is 2.45 bits per heavy atom. The second-order valence-electron chi connectivity index (χ2n) is 1.99. The number of ether oxygens (including phenoxy) is 1. The van der Waals surface area contributed by atoms with Crippen LogP contribution in [0.25, 0.3) is 0 Å². The Morgan fingerprint density at radius 1 is 1.73 bits per heavy atom. The average Bonchev–Trinajstić information content (AvgIpc) is 1.98. The van der Waals surface area contributed by atoms with Gasteiger partial charge in [-0.05, 0) is 22.9 Å². The third-order valence-electron chi connectivity index (χ3n) is 1.13. The summed E-state index contributed by atoms with van der Waals surface area (Å²) in [7, 11) is 0. The predicted molar refractivity (Wildman–Crippen MR) is 47.5 cm³/mol. The normalized spacial score (nSPS) is 9.64. The zero-order valence-corrected chi connectivity index (χ0v) is 7.76. The summed E-state index contributed by atoms with van der Waals surface area (Å²) in [4.78, 5) is 3.96. The Bertz CT molecular complexity index is 252. The summed E-state index contributed by atoms with van der Waals surface area (Å²) in [6.07, 6.45) is 1.58. The fourth-order valence-corrected chi connectivity index (χ4v) is 1.03. The lowest BCUT2D eigenvalue weighted by molar-refractivity contribution is 0.336. The van der Waals surface area contributed by atoms with Crippen LogP contribution < -0.4 is 10.5 Å². The van der Waals surface area contributed by atoms with E-state index in [4.69, 9.17) is 10.5 Å². The Kier molecular flexibility index (Phi) is 2.70. The molecule has 11 heavy (non-hydrogen) atoms. The second kappa shape index (κ2) is 3.57. The minimum atomic E-state index is 0.608. The van der Waals surface area contributed by atoms with Gasteiger partial charge in [-0.2, -0.15) is 0 Å². The van der Waals surface area contributed by atoms with E-state index in [0.29, 0.717) is 22.6 Å². The summed E-state index contributed by atoms with van der Waals surface area (Å²) in [5, 5.41) is 0. The van der Waals surface area contributed by atoms with Crippen LogP contribution in [0.1, 0.15) is 6.92 Å². The molecule has 0 unspecified atom stereocenters. The van der Waals surface area contributed by atoms with Crippen LogP contribution in [0.2, 0.25) is 0 Å². The van der Waals surface area contributed by atoms with Crippen LogP contribution in [-0.4, -0.2) is 11.6 Å². The molecule has 3 nitrogen and oxygen atoms in total. The van der Waals surface area contributed by atoms with Crippen molar-refractivity contribution in [3.63, 3.8) is 0 Å². The monoisotopic (exact) mass is 216 g/mol. The highest BCUT2D eigenvalue weighted by Crippen LogP contribution is 2.23. The van der Waals surface area contributed by atoms with E-state index in [0.717, 1.165) is 0 Å². The largest absolute Gasteiger partial charge is 0.491 e. The molecule has 1 heterocycles. The van der Waals surface area contributed by atoms with Gasteiger partial charge in [0, 0.05) is 6.07 Å². The van der Waals surface area contributed by atoms with Crippen molar-refractivity contribution in [3.8, 4) is 5.75 Å². The van der Waals surface area contributed by atoms with E-state index in [1.165, 1.54) is 0 Å². The first-order valence-corrected chi connectivity index (χ1v) is 4.07. The molecule has 0 atom stereocenters. The van der Waals surface area contributed by atoms with Gasteiger partial charge in [-0.1, -0.05) is 0 Å². The first kappa shape index (κ1) is 8.33. The van der Waals surface area contributed by atoms with Gasteiger partial charge in [0.1, 0.15) is 4.60 Å². The van der Waals surface area contributed by atoms with E-state index in [2.05, 4.69) is 20.9 Å². The average molecular weight is 217 g/mol. The molecule has 0 aliphatic rings. The molecule has 0 aromatic carbocycles.